The van der Waals surface area contributed by atoms with Gasteiger partial charge in [0, 0.05) is 31.8 Å². The molecule has 0 unspecified atom stereocenters. The van der Waals surface area contributed by atoms with Gasteiger partial charge in [0.1, 0.15) is 0 Å². The van der Waals surface area contributed by atoms with Gasteiger partial charge in [0.05, 0.1) is 11.9 Å². The van der Waals surface area contributed by atoms with Crippen molar-refractivity contribution in [3.05, 3.63) is 59.9 Å². The first-order chi connectivity index (χ1) is 10.7. The van der Waals surface area contributed by atoms with E-state index in [1.54, 1.807) is 30.5 Å². The standard InChI is InChI=1S/C16H18N4O2/c1-20-11-5-8-14(20)12-18-19-15(21)9-10-17-16(22)13-6-3-2-4-7-13/h2-8,11-12H,9-10H2,1H3,(H,17,22)(H,19,21). The second-order valence-corrected chi connectivity index (χ2v) is 4.71. The predicted molar refractivity (Wildman–Crippen MR) is 84.5 cm³/mol. The Morgan fingerprint density at radius 2 is 1.95 bits per heavy atom. The molecule has 0 atom stereocenters. The average Bonchev–Trinajstić information content (AvgIpc) is 2.93. The molecule has 0 radical (unpaired) electrons. The lowest BCUT2D eigenvalue weighted by Gasteiger charge is -2.04. The van der Waals surface area contributed by atoms with Crippen LogP contribution in [-0.2, 0) is 11.8 Å². The van der Waals surface area contributed by atoms with Crippen molar-refractivity contribution in [3.8, 4) is 0 Å². The summed E-state index contributed by atoms with van der Waals surface area (Å²) in [4.78, 5) is 23.3. The molecule has 0 aliphatic carbocycles. The molecule has 2 rings (SSSR count). The van der Waals surface area contributed by atoms with Gasteiger partial charge in [-0.05, 0) is 24.3 Å². The Morgan fingerprint density at radius 3 is 2.64 bits per heavy atom. The fourth-order valence-electron chi connectivity index (χ4n) is 1.82. The largest absolute Gasteiger partial charge is 0.352 e. The van der Waals surface area contributed by atoms with Gasteiger partial charge in [0.25, 0.3) is 5.91 Å². The number of nitrogens with one attached hydrogen (secondary N) is 2. The summed E-state index contributed by atoms with van der Waals surface area (Å²) in [5.74, 6) is -0.445. The van der Waals surface area contributed by atoms with Crippen molar-refractivity contribution in [2.45, 2.75) is 6.42 Å². The predicted octanol–water partition coefficient (Wildman–Crippen LogP) is 1.30. The van der Waals surface area contributed by atoms with Gasteiger partial charge in [-0.15, -0.1) is 0 Å². The molecule has 114 valence electrons. The number of hydrogen-bond acceptors (Lipinski definition) is 3. The number of hydrogen-bond donors (Lipinski definition) is 2. The zero-order valence-electron chi connectivity index (χ0n) is 12.3. The van der Waals surface area contributed by atoms with Gasteiger partial charge in [-0.25, -0.2) is 5.43 Å². The molecule has 0 fully saturated rings. The minimum Gasteiger partial charge on any atom is -0.352 e. The normalized spacial score (nSPS) is 10.6. The van der Waals surface area contributed by atoms with E-state index in [1.165, 1.54) is 0 Å². The molecule has 0 saturated carbocycles. The number of aryl methyl sites for hydroxylation is 1. The lowest BCUT2D eigenvalue weighted by atomic mass is 10.2. The molecule has 6 nitrogen and oxygen atoms in total. The van der Waals surface area contributed by atoms with Crippen molar-refractivity contribution in [2.24, 2.45) is 12.1 Å². The maximum absolute atomic E-state index is 11.8. The highest BCUT2D eigenvalue weighted by Crippen LogP contribution is 1.97. The van der Waals surface area contributed by atoms with Crippen LogP contribution in [0.25, 0.3) is 0 Å². The van der Waals surface area contributed by atoms with Crippen LogP contribution in [-0.4, -0.2) is 29.1 Å². The van der Waals surface area contributed by atoms with E-state index in [4.69, 9.17) is 0 Å². The Labute approximate surface area is 128 Å². The van der Waals surface area contributed by atoms with Crippen molar-refractivity contribution >= 4 is 18.0 Å². The molecule has 22 heavy (non-hydrogen) atoms. The van der Waals surface area contributed by atoms with Gasteiger partial charge < -0.3 is 9.88 Å². The number of amides is 2. The summed E-state index contributed by atoms with van der Waals surface area (Å²) in [5, 5.41) is 6.56. The van der Waals surface area contributed by atoms with Crippen LogP contribution in [0.15, 0.2) is 53.8 Å². The van der Waals surface area contributed by atoms with E-state index < -0.39 is 0 Å². The first-order valence-corrected chi connectivity index (χ1v) is 6.93. The van der Waals surface area contributed by atoms with Crippen molar-refractivity contribution < 1.29 is 9.59 Å². The minimum absolute atomic E-state index is 0.170. The highest BCUT2D eigenvalue weighted by atomic mass is 16.2. The van der Waals surface area contributed by atoms with E-state index in [1.807, 2.05) is 36.0 Å². The van der Waals surface area contributed by atoms with E-state index in [0.717, 1.165) is 5.69 Å². The van der Waals surface area contributed by atoms with Gasteiger partial charge in [-0.3, -0.25) is 9.59 Å². The first kappa shape index (κ1) is 15.5. The molecule has 0 bridgehead atoms. The molecule has 2 aromatic rings. The smallest absolute Gasteiger partial charge is 0.251 e. The number of nitrogens with zero attached hydrogens (tertiary/aromatic N) is 2. The quantitative estimate of drug-likeness (QED) is 0.623. The summed E-state index contributed by atoms with van der Waals surface area (Å²) in [6, 6.07) is 12.6. The second kappa shape index (κ2) is 7.78. The van der Waals surface area contributed by atoms with Crippen molar-refractivity contribution in [1.82, 2.24) is 15.3 Å². The third-order valence-electron chi connectivity index (χ3n) is 3.04. The van der Waals surface area contributed by atoms with E-state index in [9.17, 15) is 9.59 Å². The first-order valence-electron chi connectivity index (χ1n) is 6.93. The van der Waals surface area contributed by atoms with Gasteiger partial charge >= 0.3 is 0 Å². The van der Waals surface area contributed by atoms with Gasteiger partial charge in [0.15, 0.2) is 0 Å². The summed E-state index contributed by atoms with van der Waals surface area (Å²) in [6.45, 7) is 0.263. The topological polar surface area (TPSA) is 75.5 Å². The molecular formula is C16H18N4O2. The molecule has 1 heterocycles. The van der Waals surface area contributed by atoms with Crippen LogP contribution in [0.1, 0.15) is 22.5 Å². The monoisotopic (exact) mass is 298 g/mol. The minimum atomic E-state index is -0.251. The highest BCUT2D eigenvalue weighted by molar-refractivity contribution is 5.94. The third-order valence-corrected chi connectivity index (χ3v) is 3.04. The lowest BCUT2D eigenvalue weighted by Crippen LogP contribution is -2.29. The molecule has 0 saturated heterocycles. The Balaban J connectivity index is 1.69. The number of carbonyl (C=O) groups is 2. The molecule has 2 N–H and O–H groups in total. The fraction of sp³-hybridized carbons (Fsp3) is 0.188. The van der Waals surface area contributed by atoms with E-state index in [0.29, 0.717) is 5.56 Å². The Bertz CT molecular complexity index is 662. The maximum Gasteiger partial charge on any atom is 0.251 e. The van der Waals surface area contributed by atoms with Gasteiger partial charge in [0.2, 0.25) is 5.91 Å². The lowest BCUT2D eigenvalue weighted by molar-refractivity contribution is -0.120. The van der Waals surface area contributed by atoms with E-state index in [-0.39, 0.29) is 24.8 Å². The van der Waals surface area contributed by atoms with Crippen LogP contribution in [0, 0.1) is 0 Å². The van der Waals surface area contributed by atoms with Gasteiger partial charge in [-0.1, -0.05) is 18.2 Å². The third kappa shape index (κ3) is 4.59. The second-order valence-electron chi connectivity index (χ2n) is 4.71. The number of rotatable bonds is 6. The summed E-state index contributed by atoms with van der Waals surface area (Å²) in [6.07, 6.45) is 3.63. The molecule has 0 aliphatic heterocycles. The summed E-state index contributed by atoms with van der Waals surface area (Å²) in [5.41, 5.74) is 3.89. The molecular weight excluding hydrogens is 280 g/mol. The SMILES string of the molecule is Cn1cccc1C=NNC(=O)CCNC(=O)c1ccccc1. The summed E-state index contributed by atoms with van der Waals surface area (Å²) in [7, 11) is 1.89. The van der Waals surface area contributed by atoms with Crippen LogP contribution in [0.3, 0.4) is 0 Å². The van der Waals surface area contributed by atoms with Crippen LogP contribution in [0.2, 0.25) is 0 Å². The summed E-state index contributed by atoms with van der Waals surface area (Å²) >= 11 is 0. The Hall–Kier alpha value is -2.89. The van der Waals surface area contributed by atoms with Crippen molar-refractivity contribution in [1.29, 1.82) is 0 Å². The Kier molecular flexibility index (Phi) is 5.48. The molecule has 2 amide bonds. The molecule has 1 aromatic carbocycles. The zero-order chi connectivity index (χ0) is 15.8. The highest BCUT2D eigenvalue weighted by Gasteiger charge is 2.05. The van der Waals surface area contributed by atoms with E-state index in [2.05, 4.69) is 15.8 Å². The van der Waals surface area contributed by atoms with Crippen LogP contribution in [0.5, 0.6) is 0 Å². The van der Waals surface area contributed by atoms with Gasteiger partial charge in [-0.2, -0.15) is 5.10 Å². The summed E-state index contributed by atoms with van der Waals surface area (Å²) < 4.78 is 1.88. The van der Waals surface area contributed by atoms with Crippen molar-refractivity contribution in [2.75, 3.05) is 6.54 Å². The van der Waals surface area contributed by atoms with E-state index >= 15 is 0 Å². The maximum atomic E-state index is 11.8. The zero-order valence-corrected chi connectivity index (χ0v) is 12.3. The molecule has 0 spiro atoms. The number of aromatic nitrogens is 1. The molecule has 0 aliphatic rings. The van der Waals surface area contributed by atoms with Crippen LogP contribution < -0.4 is 10.7 Å². The van der Waals surface area contributed by atoms with Crippen LogP contribution >= 0.6 is 0 Å². The van der Waals surface area contributed by atoms with Crippen LogP contribution in [0.4, 0.5) is 0 Å². The number of carbonyl (C=O) groups excluding carboxylic acids is 2. The molecule has 6 heteroatoms. The number of hydrazone groups is 1. The number of benzene rings is 1. The van der Waals surface area contributed by atoms with Crippen molar-refractivity contribution in [3.63, 3.8) is 0 Å². The molecule has 1 aromatic heterocycles. The Morgan fingerprint density at radius 1 is 1.18 bits per heavy atom. The fourth-order valence-corrected chi connectivity index (χ4v) is 1.82. The average molecular weight is 298 g/mol.